The molecule has 0 fully saturated rings. The van der Waals surface area contributed by atoms with Crippen LogP contribution in [-0.4, -0.2) is 44.3 Å². The van der Waals surface area contributed by atoms with E-state index in [1.54, 1.807) is 7.05 Å². The fourth-order valence-corrected chi connectivity index (χ4v) is 3.50. The smallest absolute Gasteiger partial charge is 0.194 e. The van der Waals surface area contributed by atoms with E-state index < -0.39 is 0 Å². The van der Waals surface area contributed by atoms with Crippen LogP contribution < -0.4 is 5.32 Å². The fourth-order valence-electron chi connectivity index (χ4n) is 2.93. The van der Waals surface area contributed by atoms with Crippen molar-refractivity contribution in [1.29, 1.82) is 0 Å². The molecule has 0 bridgehead atoms. The van der Waals surface area contributed by atoms with Gasteiger partial charge in [-0.1, -0.05) is 0 Å². The first-order valence-corrected chi connectivity index (χ1v) is 8.51. The van der Waals surface area contributed by atoms with Crippen molar-refractivity contribution in [2.45, 2.75) is 32.5 Å². The van der Waals surface area contributed by atoms with E-state index in [1.807, 2.05) is 14.1 Å². The summed E-state index contributed by atoms with van der Waals surface area (Å²) < 4.78 is 5.40. The molecule has 1 N–H and O–H groups in total. The molecule has 0 atom stereocenters. The number of aryl methyl sites for hydroxylation is 2. The molecule has 7 nitrogen and oxygen atoms in total. The lowest BCUT2D eigenvalue weighted by Gasteiger charge is -2.22. The van der Waals surface area contributed by atoms with Gasteiger partial charge in [-0.3, -0.25) is 4.99 Å². The van der Waals surface area contributed by atoms with Gasteiger partial charge >= 0.3 is 0 Å². The van der Waals surface area contributed by atoms with E-state index in [0.717, 1.165) is 48.0 Å². The van der Waals surface area contributed by atoms with Gasteiger partial charge in [0.1, 0.15) is 5.82 Å². The second kappa shape index (κ2) is 6.74. The quantitative estimate of drug-likeness (QED) is 0.646. The molecular weight excluding hydrogens is 358 g/mol. The second-order valence-electron chi connectivity index (χ2n) is 5.81. The predicted molar refractivity (Wildman–Crippen MR) is 93.1 cm³/mol. The van der Waals surface area contributed by atoms with E-state index in [0.29, 0.717) is 6.54 Å². The Morgan fingerprint density at radius 3 is 3.00 bits per heavy atom. The van der Waals surface area contributed by atoms with E-state index in [2.05, 4.69) is 62.7 Å². The molecular formula is C15H22BrN7. The predicted octanol–water partition coefficient (Wildman–Crippen LogP) is 1.53. The molecule has 1 aliphatic rings. The summed E-state index contributed by atoms with van der Waals surface area (Å²) in [5, 5.41) is 11.9. The average Bonchev–Trinajstić information content (AvgIpc) is 3.18. The first-order valence-electron chi connectivity index (χ1n) is 7.72. The van der Waals surface area contributed by atoms with E-state index in [9.17, 15) is 0 Å². The van der Waals surface area contributed by atoms with Gasteiger partial charge in [0.2, 0.25) is 0 Å². The molecule has 0 amide bonds. The number of aromatic nitrogens is 4. The second-order valence-corrected chi connectivity index (χ2v) is 6.72. The number of nitrogens with zero attached hydrogens (tertiary/aromatic N) is 6. The number of fused-ring (bicyclic) bond motifs is 1. The summed E-state index contributed by atoms with van der Waals surface area (Å²) in [6.45, 7) is 2.44. The van der Waals surface area contributed by atoms with Crippen LogP contribution in [0.5, 0.6) is 0 Å². The summed E-state index contributed by atoms with van der Waals surface area (Å²) in [7, 11) is 5.88. The normalized spacial score (nSPS) is 14.2. The minimum absolute atomic E-state index is 0.640. The van der Waals surface area contributed by atoms with E-state index >= 15 is 0 Å². The van der Waals surface area contributed by atoms with Crippen LogP contribution in [-0.2, 0) is 33.1 Å². The van der Waals surface area contributed by atoms with Crippen LogP contribution >= 0.6 is 15.9 Å². The summed E-state index contributed by atoms with van der Waals surface area (Å²) in [4.78, 5) is 6.47. The third kappa shape index (κ3) is 3.41. The Bertz CT molecular complexity index is 715. The van der Waals surface area contributed by atoms with Gasteiger partial charge in [0.05, 0.1) is 13.1 Å². The van der Waals surface area contributed by atoms with Gasteiger partial charge in [-0.25, -0.2) is 0 Å². The topological polar surface area (TPSA) is 63.3 Å². The molecule has 0 saturated carbocycles. The van der Waals surface area contributed by atoms with Crippen molar-refractivity contribution >= 4 is 21.9 Å². The maximum absolute atomic E-state index is 4.37. The largest absolute Gasteiger partial charge is 0.352 e. The summed E-state index contributed by atoms with van der Waals surface area (Å²) >= 11 is 3.51. The summed E-state index contributed by atoms with van der Waals surface area (Å²) in [5.41, 5.74) is 1.21. The molecule has 0 saturated heterocycles. The molecule has 23 heavy (non-hydrogen) atoms. The van der Waals surface area contributed by atoms with Crippen molar-refractivity contribution in [2.75, 3.05) is 14.1 Å². The van der Waals surface area contributed by atoms with Gasteiger partial charge < -0.3 is 19.4 Å². The third-order valence-corrected chi connectivity index (χ3v) is 4.57. The first-order chi connectivity index (χ1) is 11.1. The number of halogens is 1. The van der Waals surface area contributed by atoms with Crippen LogP contribution in [0.1, 0.15) is 23.8 Å². The van der Waals surface area contributed by atoms with Crippen molar-refractivity contribution in [3.8, 4) is 0 Å². The zero-order valence-electron chi connectivity index (χ0n) is 13.8. The Labute approximate surface area is 144 Å². The molecule has 3 rings (SSSR count). The molecule has 0 spiro atoms. The molecule has 124 valence electrons. The monoisotopic (exact) mass is 379 g/mol. The van der Waals surface area contributed by atoms with Gasteiger partial charge in [0.15, 0.2) is 11.8 Å². The van der Waals surface area contributed by atoms with Gasteiger partial charge in [-0.2, -0.15) is 0 Å². The average molecular weight is 380 g/mol. The van der Waals surface area contributed by atoms with Gasteiger partial charge in [-0.05, 0) is 28.4 Å². The molecule has 0 radical (unpaired) electrons. The van der Waals surface area contributed by atoms with Crippen LogP contribution in [0.4, 0.5) is 0 Å². The van der Waals surface area contributed by atoms with E-state index in [-0.39, 0.29) is 0 Å². The standard InChI is InChI=1S/C15H22BrN7/c1-17-15(22(3)10-12-7-11(16)9-21(12)2)18-8-14-20-19-13-5-4-6-23(13)14/h7,9H,4-6,8,10H2,1-3H3,(H,17,18). The summed E-state index contributed by atoms with van der Waals surface area (Å²) in [5.74, 6) is 2.92. The van der Waals surface area contributed by atoms with Crippen molar-refractivity contribution in [1.82, 2.24) is 29.5 Å². The zero-order chi connectivity index (χ0) is 16.4. The maximum atomic E-state index is 4.37. The molecule has 3 heterocycles. The van der Waals surface area contributed by atoms with Crippen LogP contribution in [0, 0.1) is 0 Å². The number of hydrogen-bond donors (Lipinski definition) is 1. The SMILES string of the molecule is CN=C(NCc1nnc2n1CCC2)N(C)Cc1cc(Br)cn1C. The van der Waals surface area contributed by atoms with Gasteiger partial charge in [-0.15, -0.1) is 10.2 Å². The highest BCUT2D eigenvalue weighted by Gasteiger charge is 2.17. The van der Waals surface area contributed by atoms with Crippen molar-refractivity contribution in [3.05, 3.63) is 34.1 Å². The number of guanidine groups is 1. The highest BCUT2D eigenvalue weighted by atomic mass is 79.9. The molecule has 2 aromatic heterocycles. The lowest BCUT2D eigenvalue weighted by Crippen LogP contribution is -2.38. The molecule has 0 aromatic carbocycles. The van der Waals surface area contributed by atoms with Gasteiger partial charge in [0, 0.05) is 50.5 Å². The highest BCUT2D eigenvalue weighted by molar-refractivity contribution is 9.10. The molecule has 0 unspecified atom stereocenters. The minimum atomic E-state index is 0.640. The first kappa shape index (κ1) is 16.0. The Hall–Kier alpha value is -1.83. The molecule has 0 aliphatic carbocycles. The van der Waals surface area contributed by atoms with Crippen LogP contribution in [0.2, 0.25) is 0 Å². The van der Waals surface area contributed by atoms with Crippen LogP contribution in [0.25, 0.3) is 0 Å². The Morgan fingerprint density at radius 1 is 1.48 bits per heavy atom. The van der Waals surface area contributed by atoms with Crippen molar-refractivity contribution < 1.29 is 0 Å². The van der Waals surface area contributed by atoms with Crippen LogP contribution in [0.15, 0.2) is 21.7 Å². The van der Waals surface area contributed by atoms with E-state index in [4.69, 9.17) is 0 Å². The highest BCUT2D eigenvalue weighted by Crippen LogP contribution is 2.15. The van der Waals surface area contributed by atoms with Crippen molar-refractivity contribution in [3.63, 3.8) is 0 Å². The molecule has 2 aromatic rings. The lowest BCUT2D eigenvalue weighted by molar-refractivity contribution is 0.459. The number of aliphatic imine (C=N–C) groups is 1. The Balaban J connectivity index is 1.62. The maximum Gasteiger partial charge on any atom is 0.194 e. The lowest BCUT2D eigenvalue weighted by atomic mass is 10.4. The zero-order valence-corrected chi connectivity index (χ0v) is 15.3. The Morgan fingerprint density at radius 2 is 2.30 bits per heavy atom. The third-order valence-electron chi connectivity index (χ3n) is 4.14. The fraction of sp³-hybridized carbons (Fsp3) is 0.533. The number of nitrogens with one attached hydrogen (secondary N) is 1. The summed E-state index contributed by atoms with van der Waals surface area (Å²) in [6, 6.07) is 2.12. The summed E-state index contributed by atoms with van der Waals surface area (Å²) in [6.07, 6.45) is 4.25. The number of rotatable bonds is 4. The Kier molecular flexibility index (Phi) is 4.70. The minimum Gasteiger partial charge on any atom is -0.352 e. The number of hydrogen-bond acceptors (Lipinski definition) is 3. The van der Waals surface area contributed by atoms with Gasteiger partial charge in [0.25, 0.3) is 0 Å². The van der Waals surface area contributed by atoms with Crippen LogP contribution in [0.3, 0.4) is 0 Å². The van der Waals surface area contributed by atoms with E-state index in [1.165, 1.54) is 5.69 Å². The van der Waals surface area contributed by atoms with Crippen molar-refractivity contribution in [2.24, 2.45) is 12.0 Å². The molecule has 8 heteroatoms. The molecule has 1 aliphatic heterocycles.